The predicted octanol–water partition coefficient (Wildman–Crippen LogP) is 3.91. The molecule has 0 saturated carbocycles. The fourth-order valence-corrected chi connectivity index (χ4v) is 3.80. The minimum Gasteiger partial charge on any atom is -0.466 e. The van der Waals surface area contributed by atoms with E-state index in [4.69, 9.17) is 40.2 Å². The summed E-state index contributed by atoms with van der Waals surface area (Å²) in [5.74, 6) is 0.680. The Kier molecular flexibility index (Phi) is 3.35. The minimum absolute atomic E-state index is 0.0634. The average molecular weight is 329 g/mol. The summed E-state index contributed by atoms with van der Waals surface area (Å²) in [7, 11) is 0. The van der Waals surface area contributed by atoms with E-state index in [2.05, 4.69) is 11.9 Å². The first kappa shape index (κ1) is 14.0. The zero-order chi connectivity index (χ0) is 14.5. The molecule has 0 aromatic heterocycles. The summed E-state index contributed by atoms with van der Waals surface area (Å²) in [4.78, 5) is 1.99. The number of ether oxygens (including phenoxy) is 1. The van der Waals surface area contributed by atoms with E-state index >= 15 is 0 Å². The van der Waals surface area contributed by atoms with Gasteiger partial charge in [0, 0.05) is 23.6 Å². The second-order valence-corrected chi connectivity index (χ2v) is 6.42. The normalized spacial score (nSPS) is 27.4. The van der Waals surface area contributed by atoms with Crippen molar-refractivity contribution < 1.29 is 4.74 Å². The molecule has 3 rings (SSSR count). The largest absolute Gasteiger partial charge is 0.466 e. The summed E-state index contributed by atoms with van der Waals surface area (Å²) in [5, 5.41) is 5.11. The number of hydrogen-bond acceptors (Lipinski definition) is 2. The Bertz CT molecular complexity index is 607. The van der Waals surface area contributed by atoms with E-state index in [1.54, 1.807) is 6.07 Å². The Morgan fingerprint density at radius 3 is 3.05 bits per heavy atom. The highest BCUT2D eigenvalue weighted by atomic mass is 35.5. The average Bonchev–Trinajstić information content (AvgIpc) is 2.36. The maximum atomic E-state index is 6.27. The van der Waals surface area contributed by atoms with Gasteiger partial charge in [0.1, 0.15) is 5.75 Å². The lowest BCUT2D eigenvalue weighted by atomic mass is 9.90. The number of nitrogens with zero attached hydrogens (tertiary/aromatic N) is 1. The number of fused-ring (bicyclic) bond motifs is 4. The van der Waals surface area contributed by atoms with Crippen LogP contribution in [0.2, 0.25) is 10.0 Å². The van der Waals surface area contributed by atoms with Gasteiger partial charge in [0.15, 0.2) is 10.8 Å². The van der Waals surface area contributed by atoms with Gasteiger partial charge < -0.3 is 15.0 Å². The van der Waals surface area contributed by atoms with Crippen LogP contribution in [0.5, 0.6) is 5.75 Å². The van der Waals surface area contributed by atoms with Crippen LogP contribution < -0.4 is 10.1 Å². The summed E-state index contributed by atoms with van der Waals surface area (Å²) in [6.45, 7) is 6.41. The van der Waals surface area contributed by atoms with Crippen molar-refractivity contribution in [1.82, 2.24) is 10.2 Å². The van der Waals surface area contributed by atoms with Crippen LogP contribution in [0.1, 0.15) is 24.9 Å². The summed E-state index contributed by atoms with van der Waals surface area (Å²) < 4.78 is 6.17. The van der Waals surface area contributed by atoms with Gasteiger partial charge in [0.2, 0.25) is 0 Å². The number of thiocarbonyl (C=S) groups is 1. The Labute approximate surface area is 133 Å². The summed E-state index contributed by atoms with van der Waals surface area (Å²) in [6.07, 6.45) is 2.58. The molecular formula is C14H14Cl2N2OS. The quantitative estimate of drug-likeness (QED) is 0.657. The number of benzene rings is 1. The molecule has 1 aromatic carbocycles. The van der Waals surface area contributed by atoms with Crippen LogP contribution in [0, 0.1) is 0 Å². The van der Waals surface area contributed by atoms with Crippen LogP contribution in [-0.4, -0.2) is 22.3 Å². The van der Waals surface area contributed by atoms with Gasteiger partial charge in [-0.15, -0.1) is 6.58 Å². The van der Waals surface area contributed by atoms with Crippen LogP contribution >= 0.6 is 35.4 Å². The van der Waals surface area contributed by atoms with Crippen LogP contribution in [0.3, 0.4) is 0 Å². The zero-order valence-electron chi connectivity index (χ0n) is 11.0. The molecular weight excluding hydrogens is 315 g/mol. The smallest absolute Gasteiger partial charge is 0.184 e. The first-order chi connectivity index (χ1) is 9.44. The van der Waals surface area contributed by atoms with E-state index in [0.29, 0.717) is 27.5 Å². The Hall–Kier alpha value is -0.970. The second-order valence-electron chi connectivity index (χ2n) is 5.19. The molecule has 2 aliphatic heterocycles. The van der Waals surface area contributed by atoms with Gasteiger partial charge in [-0.3, -0.25) is 0 Å². The van der Waals surface area contributed by atoms with E-state index in [-0.39, 0.29) is 6.04 Å². The van der Waals surface area contributed by atoms with E-state index in [1.807, 2.05) is 24.0 Å². The number of nitrogens with one attached hydrogen (secondary N) is 1. The fourth-order valence-electron chi connectivity index (χ4n) is 2.84. The molecule has 106 valence electrons. The monoisotopic (exact) mass is 328 g/mol. The summed E-state index contributed by atoms with van der Waals surface area (Å²) in [6, 6.07) is 3.64. The highest BCUT2D eigenvalue weighted by Gasteiger charge is 2.47. The van der Waals surface area contributed by atoms with Crippen molar-refractivity contribution in [2.45, 2.75) is 25.1 Å². The topological polar surface area (TPSA) is 24.5 Å². The van der Waals surface area contributed by atoms with Crippen molar-refractivity contribution in [2.24, 2.45) is 0 Å². The van der Waals surface area contributed by atoms with Gasteiger partial charge in [-0.25, -0.2) is 0 Å². The van der Waals surface area contributed by atoms with Gasteiger partial charge in [0.05, 0.1) is 11.1 Å². The van der Waals surface area contributed by atoms with Gasteiger partial charge in [-0.1, -0.05) is 29.3 Å². The molecule has 0 amide bonds. The first-order valence-corrected chi connectivity index (χ1v) is 7.48. The van der Waals surface area contributed by atoms with Crippen LogP contribution in [0.15, 0.2) is 24.8 Å². The summed E-state index contributed by atoms with van der Waals surface area (Å²) >= 11 is 17.8. The van der Waals surface area contributed by atoms with Crippen LogP contribution in [-0.2, 0) is 0 Å². The lowest BCUT2D eigenvalue weighted by Gasteiger charge is -2.52. The van der Waals surface area contributed by atoms with E-state index in [0.717, 1.165) is 12.0 Å². The predicted molar refractivity (Wildman–Crippen MR) is 85.5 cm³/mol. The van der Waals surface area contributed by atoms with Crippen molar-refractivity contribution in [3.8, 4) is 5.75 Å². The van der Waals surface area contributed by atoms with E-state index in [9.17, 15) is 0 Å². The van der Waals surface area contributed by atoms with Crippen molar-refractivity contribution in [2.75, 3.05) is 6.54 Å². The molecule has 0 radical (unpaired) electrons. The molecule has 2 atom stereocenters. The molecule has 2 unspecified atom stereocenters. The Balaban J connectivity index is 2.10. The molecule has 3 nitrogen and oxygen atoms in total. The van der Waals surface area contributed by atoms with Gasteiger partial charge >= 0.3 is 0 Å². The van der Waals surface area contributed by atoms with E-state index in [1.165, 1.54) is 0 Å². The van der Waals surface area contributed by atoms with Crippen molar-refractivity contribution in [1.29, 1.82) is 0 Å². The summed E-state index contributed by atoms with van der Waals surface area (Å²) in [5.41, 5.74) is 0.437. The third kappa shape index (κ3) is 2.07. The lowest BCUT2D eigenvalue weighted by molar-refractivity contribution is -0.0630. The van der Waals surface area contributed by atoms with Crippen LogP contribution in [0.25, 0.3) is 0 Å². The second kappa shape index (κ2) is 4.79. The number of halogens is 2. The molecule has 1 aromatic rings. The highest BCUT2D eigenvalue weighted by Crippen LogP contribution is 2.47. The SMILES string of the molecule is C=CCN1C(=S)NC2CC1(C)Oc1c(Cl)cc(Cl)cc12. The molecule has 0 aliphatic carbocycles. The van der Waals surface area contributed by atoms with Crippen LogP contribution in [0.4, 0.5) is 0 Å². The molecule has 2 aliphatic rings. The maximum absolute atomic E-state index is 6.27. The Morgan fingerprint density at radius 2 is 2.35 bits per heavy atom. The Morgan fingerprint density at radius 1 is 1.60 bits per heavy atom. The van der Waals surface area contributed by atoms with Gasteiger partial charge in [0.25, 0.3) is 0 Å². The molecule has 6 heteroatoms. The third-order valence-corrected chi connectivity index (χ3v) is 4.58. The standard InChI is InChI=1S/C14H14Cl2N2OS/c1-3-4-18-13(20)17-11-7-14(18,2)19-12-9(11)5-8(15)6-10(12)16/h3,5-6,11H,1,4,7H2,2H3,(H,17,20). The zero-order valence-corrected chi connectivity index (χ0v) is 13.3. The van der Waals surface area contributed by atoms with E-state index < -0.39 is 5.72 Å². The first-order valence-electron chi connectivity index (χ1n) is 6.31. The molecule has 20 heavy (non-hydrogen) atoms. The third-order valence-electron chi connectivity index (χ3n) is 3.74. The molecule has 0 spiro atoms. The van der Waals surface area contributed by atoms with Crippen molar-refractivity contribution in [3.63, 3.8) is 0 Å². The fraction of sp³-hybridized carbons (Fsp3) is 0.357. The molecule has 2 heterocycles. The molecule has 1 fully saturated rings. The van der Waals surface area contributed by atoms with Crippen molar-refractivity contribution in [3.05, 3.63) is 40.4 Å². The molecule has 1 saturated heterocycles. The van der Waals surface area contributed by atoms with Gasteiger partial charge in [-0.2, -0.15) is 0 Å². The molecule has 2 bridgehead atoms. The number of hydrogen-bond donors (Lipinski definition) is 1. The maximum Gasteiger partial charge on any atom is 0.184 e. The molecule has 1 N–H and O–H groups in total. The highest BCUT2D eigenvalue weighted by molar-refractivity contribution is 7.80. The lowest BCUT2D eigenvalue weighted by Crippen LogP contribution is -2.64. The number of rotatable bonds is 2. The minimum atomic E-state index is -0.522. The van der Waals surface area contributed by atoms with Crippen molar-refractivity contribution >= 4 is 40.5 Å². The van der Waals surface area contributed by atoms with Gasteiger partial charge in [-0.05, 0) is 31.3 Å².